The van der Waals surface area contributed by atoms with Crippen molar-refractivity contribution in [1.82, 2.24) is 0 Å². The van der Waals surface area contributed by atoms with Crippen LogP contribution in [0.25, 0.3) is 10.8 Å². The van der Waals surface area contributed by atoms with E-state index in [4.69, 9.17) is 4.74 Å². The van der Waals surface area contributed by atoms with Gasteiger partial charge in [0.05, 0.1) is 6.10 Å². The maximum atomic E-state index is 9.98. The number of hydrogen-bond donors (Lipinski definition) is 1. The van der Waals surface area contributed by atoms with Gasteiger partial charge >= 0.3 is 0 Å². The van der Waals surface area contributed by atoms with Crippen LogP contribution in [0.15, 0.2) is 52.3 Å². The largest absolute Gasteiger partial charge is 0.487 e. The Morgan fingerprint density at radius 2 is 2.05 bits per heavy atom. The number of thiophene rings is 1. The Hall–Kier alpha value is -1.36. The molecule has 0 fully saturated rings. The first-order chi connectivity index (χ1) is 10.1. The summed E-state index contributed by atoms with van der Waals surface area (Å²) in [6, 6.07) is 14.1. The van der Waals surface area contributed by atoms with E-state index >= 15 is 0 Å². The molecular formula is C17H15BrO2S. The summed E-state index contributed by atoms with van der Waals surface area (Å²) in [6.45, 7) is 2.27. The molecule has 2 nitrogen and oxygen atoms in total. The molecule has 0 bridgehead atoms. The van der Waals surface area contributed by atoms with Crippen LogP contribution in [0.2, 0.25) is 0 Å². The quantitative estimate of drug-likeness (QED) is 0.682. The van der Waals surface area contributed by atoms with E-state index in [0.29, 0.717) is 6.61 Å². The molecule has 0 aliphatic heterocycles. The molecule has 3 rings (SSSR count). The van der Waals surface area contributed by atoms with Crippen LogP contribution in [0.5, 0.6) is 5.75 Å². The summed E-state index contributed by atoms with van der Waals surface area (Å²) in [5, 5.41) is 14.2. The molecule has 4 heteroatoms. The fourth-order valence-corrected chi connectivity index (χ4v) is 3.68. The van der Waals surface area contributed by atoms with Gasteiger partial charge in [-0.2, -0.15) is 0 Å². The van der Waals surface area contributed by atoms with Crippen LogP contribution < -0.4 is 4.74 Å². The Labute approximate surface area is 136 Å². The molecular weight excluding hydrogens is 348 g/mol. The van der Waals surface area contributed by atoms with Gasteiger partial charge in [-0.3, -0.25) is 0 Å². The predicted molar refractivity (Wildman–Crippen MR) is 90.9 cm³/mol. The lowest BCUT2D eigenvalue weighted by Gasteiger charge is -2.15. The lowest BCUT2D eigenvalue weighted by molar-refractivity contribution is 0.191. The highest BCUT2D eigenvalue weighted by Gasteiger charge is 2.13. The van der Waals surface area contributed by atoms with E-state index in [1.165, 1.54) is 0 Å². The second-order valence-electron chi connectivity index (χ2n) is 4.90. The third-order valence-corrected chi connectivity index (χ3v) is 5.01. The maximum absolute atomic E-state index is 9.98. The van der Waals surface area contributed by atoms with Gasteiger partial charge in [0.1, 0.15) is 12.4 Å². The van der Waals surface area contributed by atoms with Crippen molar-refractivity contribution in [3.8, 4) is 5.75 Å². The molecule has 1 N–H and O–H groups in total. The average molecular weight is 363 g/mol. The molecule has 1 heterocycles. The number of aliphatic hydroxyl groups excluding tert-OH is 1. The maximum Gasteiger partial charge on any atom is 0.133 e. The smallest absolute Gasteiger partial charge is 0.133 e. The highest BCUT2D eigenvalue weighted by atomic mass is 79.9. The third-order valence-electron chi connectivity index (χ3n) is 3.34. The van der Waals surface area contributed by atoms with Crippen LogP contribution in [-0.2, 0) is 6.61 Å². The van der Waals surface area contributed by atoms with E-state index in [0.717, 1.165) is 31.4 Å². The molecule has 3 aromatic rings. The summed E-state index contributed by atoms with van der Waals surface area (Å²) in [6.07, 6.45) is -0.556. The van der Waals surface area contributed by atoms with E-state index < -0.39 is 6.10 Å². The molecule has 0 unspecified atom stereocenters. The van der Waals surface area contributed by atoms with E-state index in [9.17, 15) is 5.11 Å². The summed E-state index contributed by atoms with van der Waals surface area (Å²) in [5.41, 5.74) is 0.823. The van der Waals surface area contributed by atoms with Crippen LogP contribution in [0.4, 0.5) is 0 Å². The lowest BCUT2D eigenvalue weighted by atomic mass is 10.0. The zero-order chi connectivity index (χ0) is 14.8. The van der Waals surface area contributed by atoms with E-state index in [2.05, 4.69) is 28.1 Å². The Morgan fingerprint density at radius 1 is 1.24 bits per heavy atom. The van der Waals surface area contributed by atoms with Gasteiger partial charge in [0, 0.05) is 25.7 Å². The monoisotopic (exact) mass is 362 g/mol. The molecule has 0 amide bonds. The van der Waals surface area contributed by atoms with E-state index in [-0.39, 0.29) is 0 Å². The fourth-order valence-electron chi connectivity index (χ4n) is 2.32. The molecule has 21 heavy (non-hydrogen) atoms. The van der Waals surface area contributed by atoms with Gasteiger partial charge < -0.3 is 9.84 Å². The Bertz CT molecular complexity index is 764. The van der Waals surface area contributed by atoms with E-state index in [1.54, 1.807) is 18.3 Å². The van der Waals surface area contributed by atoms with Gasteiger partial charge in [-0.05, 0) is 34.3 Å². The summed E-state index contributed by atoms with van der Waals surface area (Å²) in [7, 11) is 0. The minimum atomic E-state index is -0.556. The highest BCUT2D eigenvalue weighted by Crippen LogP contribution is 2.34. The molecule has 1 atom stereocenters. The van der Waals surface area contributed by atoms with Gasteiger partial charge in [-0.1, -0.05) is 36.4 Å². The van der Waals surface area contributed by atoms with Crippen molar-refractivity contribution in [3.05, 3.63) is 62.8 Å². The second kappa shape index (κ2) is 6.18. The number of benzene rings is 2. The number of aliphatic hydroxyl groups is 1. The molecule has 108 valence electrons. The minimum absolute atomic E-state index is 0.504. The lowest BCUT2D eigenvalue weighted by Crippen LogP contribution is -2.01. The van der Waals surface area contributed by atoms with Crippen molar-refractivity contribution in [2.24, 2.45) is 0 Å². The summed E-state index contributed by atoms with van der Waals surface area (Å²) in [4.78, 5) is 1.14. The van der Waals surface area contributed by atoms with Crippen molar-refractivity contribution in [2.75, 3.05) is 0 Å². The Kier molecular flexibility index (Phi) is 4.29. The normalized spacial score (nSPS) is 12.5. The van der Waals surface area contributed by atoms with Gasteiger partial charge in [0.15, 0.2) is 0 Å². The second-order valence-corrected chi connectivity index (χ2v) is 6.81. The first-order valence-electron chi connectivity index (χ1n) is 6.70. The molecule has 0 saturated heterocycles. The SMILES string of the molecule is C[C@H](O)c1ccc2ccccc2c1OCc1cc(Br)cs1. The zero-order valence-electron chi connectivity index (χ0n) is 11.5. The third kappa shape index (κ3) is 3.12. The first-order valence-corrected chi connectivity index (χ1v) is 8.38. The predicted octanol–water partition coefficient (Wildman–Crippen LogP) is 5.30. The summed E-state index contributed by atoms with van der Waals surface area (Å²) in [5.74, 6) is 0.771. The molecule has 0 radical (unpaired) electrons. The minimum Gasteiger partial charge on any atom is -0.487 e. The number of halogens is 1. The molecule has 0 aliphatic carbocycles. The van der Waals surface area contributed by atoms with Crippen LogP contribution in [0.1, 0.15) is 23.5 Å². The molecule has 2 aromatic carbocycles. The number of rotatable bonds is 4. The van der Waals surface area contributed by atoms with Gasteiger partial charge in [-0.15, -0.1) is 11.3 Å². The van der Waals surface area contributed by atoms with Crippen LogP contribution >= 0.6 is 27.3 Å². The van der Waals surface area contributed by atoms with Crippen molar-refractivity contribution in [3.63, 3.8) is 0 Å². The van der Waals surface area contributed by atoms with Gasteiger partial charge in [0.2, 0.25) is 0 Å². The van der Waals surface area contributed by atoms with Crippen LogP contribution in [0, 0.1) is 0 Å². The van der Waals surface area contributed by atoms with Crippen molar-refractivity contribution >= 4 is 38.0 Å². The molecule has 0 aliphatic rings. The molecule has 0 spiro atoms. The van der Waals surface area contributed by atoms with Crippen molar-refractivity contribution in [2.45, 2.75) is 19.6 Å². The van der Waals surface area contributed by atoms with E-state index in [1.807, 2.05) is 35.7 Å². The number of hydrogen-bond acceptors (Lipinski definition) is 3. The summed E-state index contributed by atoms with van der Waals surface area (Å²) >= 11 is 5.10. The molecule has 0 saturated carbocycles. The van der Waals surface area contributed by atoms with Crippen LogP contribution in [-0.4, -0.2) is 5.11 Å². The standard InChI is InChI=1S/C17H15BrO2S/c1-11(19)15-7-6-12-4-2-3-5-16(12)17(15)20-9-14-8-13(18)10-21-14/h2-8,10-11,19H,9H2,1H3/t11-/m0/s1. The molecule has 1 aromatic heterocycles. The van der Waals surface area contributed by atoms with Crippen molar-refractivity contribution < 1.29 is 9.84 Å². The van der Waals surface area contributed by atoms with Gasteiger partial charge in [-0.25, -0.2) is 0 Å². The summed E-state index contributed by atoms with van der Waals surface area (Å²) < 4.78 is 7.11. The van der Waals surface area contributed by atoms with Crippen molar-refractivity contribution in [1.29, 1.82) is 0 Å². The number of fused-ring (bicyclic) bond motifs is 1. The van der Waals surface area contributed by atoms with Gasteiger partial charge in [0.25, 0.3) is 0 Å². The Balaban J connectivity index is 1.99. The fraction of sp³-hybridized carbons (Fsp3) is 0.176. The van der Waals surface area contributed by atoms with Crippen LogP contribution in [0.3, 0.4) is 0 Å². The Morgan fingerprint density at radius 3 is 2.76 bits per heavy atom. The highest BCUT2D eigenvalue weighted by molar-refractivity contribution is 9.10. The zero-order valence-corrected chi connectivity index (χ0v) is 13.9. The topological polar surface area (TPSA) is 29.5 Å². The average Bonchev–Trinajstić information content (AvgIpc) is 2.90. The number of ether oxygens (including phenoxy) is 1. The first kappa shape index (κ1) is 14.6.